The van der Waals surface area contributed by atoms with Crippen LogP contribution in [0.4, 0.5) is 5.69 Å². The largest absolute Gasteiger partial charge is 0.378 e. The summed E-state index contributed by atoms with van der Waals surface area (Å²) in [5.41, 5.74) is 2.49. The van der Waals surface area contributed by atoms with Crippen LogP contribution in [-0.2, 0) is 4.74 Å². The van der Waals surface area contributed by atoms with Crippen molar-refractivity contribution in [2.75, 3.05) is 31.2 Å². The van der Waals surface area contributed by atoms with Crippen LogP contribution in [0.5, 0.6) is 0 Å². The molecular formula is C13H12ClN5O. The summed E-state index contributed by atoms with van der Waals surface area (Å²) < 4.78 is 7.14. The van der Waals surface area contributed by atoms with Gasteiger partial charge in [0, 0.05) is 18.5 Å². The minimum absolute atomic E-state index is 0.690. The first-order valence-electron chi connectivity index (χ1n) is 6.47. The van der Waals surface area contributed by atoms with E-state index in [1.807, 2.05) is 24.3 Å². The normalized spacial score (nSPS) is 16.1. The van der Waals surface area contributed by atoms with Crippen molar-refractivity contribution in [3.05, 3.63) is 29.3 Å². The Kier molecular flexibility index (Phi) is 2.71. The Morgan fingerprint density at radius 3 is 2.80 bits per heavy atom. The molecule has 3 aromatic rings. The Labute approximate surface area is 119 Å². The topological polar surface area (TPSA) is 55.5 Å². The van der Waals surface area contributed by atoms with Crippen molar-refractivity contribution >= 4 is 33.8 Å². The highest BCUT2D eigenvalue weighted by Crippen LogP contribution is 2.36. The van der Waals surface area contributed by atoms with E-state index in [2.05, 4.69) is 20.4 Å². The number of tetrazole rings is 1. The van der Waals surface area contributed by atoms with E-state index < -0.39 is 0 Å². The van der Waals surface area contributed by atoms with Gasteiger partial charge in [-0.3, -0.25) is 0 Å². The number of hydrogen-bond acceptors (Lipinski definition) is 5. The van der Waals surface area contributed by atoms with Crippen LogP contribution in [0.1, 0.15) is 0 Å². The number of fused-ring (bicyclic) bond motifs is 3. The molecule has 3 heterocycles. The number of halogens is 1. The van der Waals surface area contributed by atoms with Crippen LogP contribution < -0.4 is 4.90 Å². The number of morpholine rings is 1. The van der Waals surface area contributed by atoms with Gasteiger partial charge in [0.05, 0.1) is 23.8 Å². The molecule has 0 atom stereocenters. The van der Waals surface area contributed by atoms with Crippen molar-refractivity contribution < 1.29 is 4.74 Å². The van der Waals surface area contributed by atoms with Gasteiger partial charge in [-0.1, -0.05) is 29.8 Å². The third-order valence-corrected chi connectivity index (χ3v) is 3.97. The fourth-order valence-electron chi connectivity index (χ4n) is 2.63. The SMILES string of the molecule is Clc1c(N2CCOCC2)c2nnnn2c2ccccc12. The second-order valence-corrected chi connectivity index (χ2v) is 5.07. The van der Waals surface area contributed by atoms with Crippen molar-refractivity contribution in [1.29, 1.82) is 0 Å². The average Bonchev–Trinajstić information content (AvgIpc) is 2.98. The Hall–Kier alpha value is -1.92. The molecule has 0 saturated carbocycles. The number of pyridine rings is 1. The summed E-state index contributed by atoms with van der Waals surface area (Å²) in [6.07, 6.45) is 0. The fourth-order valence-corrected chi connectivity index (χ4v) is 3.00. The zero-order valence-corrected chi connectivity index (χ0v) is 11.4. The molecule has 102 valence electrons. The molecule has 6 nitrogen and oxygen atoms in total. The van der Waals surface area contributed by atoms with Crippen LogP contribution in [0.2, 0.25) is 5.02 Å². The molecule has 2 aromatic heterocycles. The summed E-state index contributed by atoms with van der Waals surface area (Å²) in [5.74, 6) is 0. The summed E-state index contributed by atoms with van der Waals surface area (Å²) in [6, 6.07) is 7.87. The van der Waals surface area contributed by atoms with Crippen molar-refractivity contribution in [2.24, 2.45) is 0 Å². The van der Waals surface area contributed by atoms with Gasteiger partial charge in [0.1, 0.15) is 5.69 Å². The molecule has 0 spiro atoms. The van der Waals surface area contributed by atoms with Crippen LogP contribution in [-0.4, -0.2) is 46.3 Å². The predicted molar refractivity (Wildman–Crippen MR) is 76.3 cm³/mol. The van der Waals surface area contributed by atoms with Gasteiger partial charge in [0.25, 0.3) is 0 Å². The molecule has 20 heavy (non-hydrogen) atoms. The van der Waals surface area contributed by atoms with Crippen LogP contribution in [0, 0.1) is 0 Å². The van der Waals surface area contributed by atoms with E-state index in [0.29, 0.717) is 23.9 Å². The molecule has 0 unspecified atom stereocenters. The average molecular weight is 290 g/mol. The molecule has 0 amide bonds. The summed E-state index contributed by atoms with van der Waals surface area (Å²) >= 11 is 6.62. The van der Waals surface area contributed by atoms with Crippen molar-refractivity contribution in [2.45, 2.75) is 0 Å². The summed E-state index contributed by atoms with van der Waals surface area (Å²) in [4.78, 5) is 2.18. The molecule has 0 aliphatic carbocycles. The van der Waals surface area contributed by atoms with Gasteiger partial charge in [0.15, 0.2) is 0 Å². The number of ether oxygens (including phenoxy) is 1. The third-order valence-electron chi connectivity index (χ3n) is 3.59. The Morgan fingerprint density at radius 1 is 1.15 bits per heavy atom. The van der Waals surface area contributed by atoms with Crippen molar-refractivity contribution in [3.8, 4) is 0 Å². The number of aromatic nitrogens is 4. The standard InChI is InChI=1S/C13H12ClN5O/c14-11-9-3-1-2-4-10(9)19-13(15-16-17-19)12(11)18-5-7-20-8-6-18/h1-4H,5-8H2. The van der Waals surface area contributed by atoms with E-state index in [0.717, 1.165) is 29.7 Å². The number of rotatable bonds is 1. The van der Waals surface area contributed by atoms with E-state index in [9.17, 15) is 0 Å². The Bertz CT molecular complexity index is 781. The first-order valence-corrected chi connectivity index (χ1v) is 6.85. The van der Waals surface area contributed by atoms with E-state index in [1.54, 1.807) is 4.52 Å². The van der Waals surface area contributed by atoms with Crippen LogP contribution in [0.3, 0.4) is 0 Å². The van der Waals surface area contributed by atoms with Crippen molar-refractivity contribution in [1.82, 2.24) is 20.0 Å². The van der Waals surface area contributed by atoms with Gasteiger partial charge < -0.3 is 9.64 Å². The summed E-state index contributed by atoms with van der Waals surface area (Å²) in [5, 5.41) is 13.7. The molecule has 4 rings (SSSR count). The van der Waals surface area contributed by atoms with Gasteiger partial charge >= 0.3 is 0 Å². The van der Waals surface area contributed by atoms with Crippen LogP contribution >= 0.6 is 11.6 Å². The lowest BCUT2D eigenvalue weighted by atomic mass is 10.2. The maximum absolute atomic E-state index is 6.62. The minimum Gasteiger partial charge on any atom is -0.378 e. The Balaban J connectivity index is 2.06. The van der Waals surface area contributed by atoms with E-state index in [-0.39, 0.29) is 0 Å². The molecular weight excluding hydrogens is 278 g/mol. The smallest absolute Gasteiger partial charge is 0.204 e. The number of benzene rings is 1. The van der Waals surface area contributed by atoms with Gasteiger partial charge in [-0.25, -0.2) is 0 Å². The molecule has 1 saturated heterocycles. The lowest BCUT2D eigenvalue weighted by molar-refractivity contribution is 0.123. The second-order valence-electron chi connectivity index (χ2n) is 4.69. The molecule has 0 bridgehead atoms. The zero-order valence-electron chi connectivity index (χ0n) is 10.7. The summed E-state index contributed by atoms with van der Waals surface area (Å²) in [7, 11) is 0. The Morgan fingerprint density at radius 2 is 1.95 bits per heavy atom. The monoisotopic (exact) mass is 289 g/mol. The number of anilines is 1. The van der Waals surface area contributed by atoms with Gasteiger partial charge in [-0.05, 0) is 16.5 Å². The van der Waals surface area contributed by atoms with E-state index in [4.69, 9.17) is 16.3 Å². The molecule has 0 N–H and O–H groups in total. The molecule has 0 radical (unpaired) electrons. The number of para-hydroxylation sites is 1. The lowest BCUT2D eigenvalue weighted by Gasteiger charge is -2.29. The molecule has 1 aromatic carbocycles. The quantitative estimate of drug-likeness (QED) is 0.683. The molecule has 1 fully saturated rings. The predicted octanol–water partition coefficient (Wildman–Crippen LogP) is 1.77. The third kappa shape index (κ3) is 1.65. The van der Waals surface area contributed by atoms with Crippen LogP contribution in [0.25, 0.3) is 16.6 Å². The first kappa shape index (κ1) is 11.9. The van der Waals surface area contributed by atoms with E-state index >= 15 is 0 Å². The lowest BCUT2D eigenvalue weighted by Crippen LogP contribution is -2.36. The number of nitrogens with zero attached hydrogens (tertiary/aromatic N) is 5. The maximum Gasteiger partial charge on any atom is 0.204 e. The zero-order chi connectivity index (χ0) is 13.5. The van der Waals surface area contributed by atoms with Crippen LogP contribution in [0.15, 0.2) is 24.3 Å². The minimum atomic E-state index is 0.690. The summed E-state index contributed by atoms with van der Waals surface area (Å²) in [6.45, 7) is 2.97. The fraction of sp³-hybridized carbons (Fsp3) is 0.308. The highest BCUT2D eigenvalue weighted by molar-refractivity contribution is 6.39. The highest BCUT2D eigenvalue weighted by Gasteiger charge is 2.22. The van der Waals surface area contributed by atoms with E-state index in [1.165, 1.54) is 0 Å². The molecule has 1 aliphatic heterocycles. The van der Waals surface area contributed by atoms with Crippen molar-refractivity contribution in [3.63, 3.8) is 0 Å². The molecule has 1 aliphatic rings. The molecule has 7 heteroatoms. The second kappa shape index (κ2) is 4.57. The number of hydrogen-bond donors (Lipinski definition) is 0. The van der Waals surface area contributed by atoms with Gasteiger partial charge in [0.2, 0.25) is 5.65 Å². The van der Waals surface area contributed by atoms with Gasteiger partial charge in [-0.2, -0.15) is 4.52 Å². The first-order chi connectivity index (χ1) is 9.86. The highest BCUT2D eigenvalue weighted by atomic mass is 35.5. The maximum atomic E-state index is 6.62. The van der Waals surface area contributed by atoms with Gasteiger partial charge in [-0.15, -0.1) is 5.10 Å².